The summed E-state index contributed by atoms with van der Waals surface area (Å²) < 4.78 is 0. The summed E-state index contributed by atoms with van der Waals surface area (Å²) in [5, 5.41) is 10.7. The van der Waals surface area contributed by atoms with Gasteiger partial charge in [-0.3, -0.25) is 9.88 Å². The number of halogens is 1. The van der Waals surface area contributed by atoms with Gasteiger partial charge in [-0.2, -0.15) is 0 Å². The first kappa shape index (κ1) is 13.0. The molecule has 2 aromatic rings. The van der Waals surface area contributed by atoms with Gasteiger partial charge in [0.1, 0.15) is 0 Å². The van der Waals surface area contributed by atoms with Gasteiger partial charge in [0, 0.05) is 17.5 Å². The third-order valence-electron chi connectivity index (χ3n) is 4.60. The molecule has 1 atom stereocenters. The Labute approximate surface area is 127 Å². The van der Waals surface area contributed by atoms with Crippen LogP contribution in [0, 0.1) is 0 Å². The van der Waals surface area contributed by atoms with E-state index < -0.39 is 5.97 Å². The van der Waals surface area contributed by atoms with Gasteiger partial charge in [-0.15, -0.1) is 0 Å². The second kappa shape index (κ2) is 4.68. The fraction of sp³-hybridized carbons (Fsp3) is 0.375. The van der Waals surface area contributed by atoms with Gasteiger partial charge in [0.15, 0.2) is 0 Å². The Bertz CT molecular complexity index is 760. The minimum Gasteiger partial charge on any atom is -0.478 e. The number of nitrogens with zero attached hydrogens (tertiary/aromatic N) is 2. The van der Waals surface area contributed by atoms with Gasteiger partial charge in [-0.25, -0.2) is 4.79 Å². The van der Waals surface area contributed by atoms with Crippen molar-refractivity contribution in [1.82, 2.24) is 9.88 Å². The van der Waals surface area contributed by atoms with E-state index in [4.69, 9.17) is 16.6 Å². The molecule has 0 spiro atoms. The summed E-state index contributed by atoms with van der Waals surface area (Å²) in [6.45, 7) is 1.69. The number of carboxylic acid groups (broad SMARTS) is 1. The molecule has 1 saturated heterocycles. The lowest BCUT2D eigenvalue weighted by Gasteiger charge is -2.28. The fourth-order valence-corrected chi connectivity index (χ4v) is 3.96. The van der Waals surface area contributed by atoms with Crippen molar-refractivity contribution in [2.24, 2.45) is 0 Å². The second-order valence-electron chi connectivity index (χ2n) is 5.77. The summed E-state index contributed by atoms with van der Waals surface area (Å²) in [6.07, 6.45) is 3.41. The molecule has 3 heterocycles. The first-order chi connectivity index (χ1) is 10.2. The average molecular weight is 303 g/mol. The molecule has 5 heteroatoms. The molecule has 1 aromatic carbocycles. The Morgan fingerprint density at radius 2 is 2.24 bits per heavy atom. The number of pyridine rings is 1. The largest absolute Gasteiger partial charge is 0.478 e. The van der Waals surface area contributed by atoms with Crippen molar-refractivity contribution in [3.05, 3.63) is 40.0 Å². The number of hydrogen-bond acceptors (Lipinski definition) is 3. The third-order valence-corrected chi connectivity index (χ3v) is 4.91. The van der Waals surface area contributed by atoms with Gasteiger partial charge in [0.25, 0.3) is 0 Å². The maximum Gasteiger partial charge on any atom is 0.336 e. The summed E-state index contributed by atoms with van der Waals surface area (Å²) in [5.74, 6) is -0.911. The molecule has 0 aliphatic carbocycles. The third kappa shape index (κ3) is 1.86. The lowest BCUT2D eigenvalue weighted by molar-refractivity contribution is 0.0697. The highest BCUT2D eigenvalue weighted by atomic mass is 35.5. The van der Waals surface area contributed by atoms with Crippen LogP contribution in [0.3, 0.4) is 0 Å². The predicted octanol–water partition coefficient (Wildman–Crippen LogP) is 3.63. The molecule has 0 bridgehead atoms. The highest BCUT2D eigenvalue weighted by Gasteiger charge is 2.37. The zero-order valence-corrected chi connectivity index (χ0v) is 12.2. The Balaban J connectivity index is 2.04. The lowest BCUT2D eigenvalue weighted by Crippen LogP contribution is -2.27. The van der Waals surface area contributed by atoms with Crippen LogP contribution in [0.25, 0.3) is 10.9 Å². The second-order valence-corrected chi connectivity index (χ2v) is 6.18. The van der Waals surface area contributed by atoms with Crippen molar-refractivity contribution in [1.29, 1.82) is 0 Å². The highest BCUT2D eigenvalue weighted by molar-refractivity contribution is 6.36. The van der Waals surface area contributed by atoms with Gasteiger partial charge >= 0.3 is 5.97 Å². The van der Waals surface area contributed by atoms with Crippen LogP contribution >= 0.6 is 11.6 Å². The average Bonchev–Trinajstić information content (AvgIpc) is 2.83. The standard InChI is InChI=1S/C16H15ClN2O2/c17-10-4-3-5-11-14(10)13(16(20)21)9-8-19-7-2-1-6-12(19)15(9)18-11/h3-5,12H,1-2,6-8H2,(H,20,21). The summed E-state index contributed by atoms with van der Waals surface area (Å²) in [5.41, 5.74) is 2.83. The maximum absolute atomic E-state index is 11.8. The molecule has 1 aromatic heterocycles. The van der Waals surface area contributed by atoms with Crippen molar-refractivity contribution in [2.45, 2.75) is 31.8 Å². The van der Waals surface area contributed by atoms with E-state index >= 15 is 0 Å². The van der Waals surface area contributed by atoms with E-state index in [1.54, 1.807) is 6.07 Å². The topological polar surface area (TPSA) is 53.4 Å². The predicted molar refractivity (Wildman–Crippen MR) is 80.7 cm³/mol. The number of aromatic carboxylic acids is 1. The van der Waals surface area contributed by atoms with Crippen LogP contribution in [-0.4, -0.2) is 27.5 Å². The molecule has 4 nitrogen and oxygen atoms in total. The molecule has 0 amide bonds. The Morgan fingerprint density at radius 1 is 1.38 bits per heavy atom. The SMILES string of the molecule is O=C(O)c1c2c(nc3cccc(Cl)c13)C1CCCCN1C2. The summed E-state index contributed by atoms with van der Waals surface area (Å²) in [6, 6.07) is 5.67. The van der Waals surface area contributed by atoms with Crippen LogP contribution in [0.2, 0.25) is 5.02 Å². The summed E-state index contributed by atoms with van der Waals surface area (Å²) in [7, 11) is 0. The van der Waals surface area contributed by atoms with E-state index in [1.165, 1.54) is 12.8 Å². The number of rotatable bonds is 1. The summed E-state index contributed by atoms with van der Waals surface area (Å²) >= 11 is 6.24. The monoisotopic (exact) mass is 302 g/mol. The zero-order valence-electron chi connectivity index (χ0n) is 11.5. The molecule has 0 saturated carbocycles. The molecule has 0 radical (unpaired) electrons. The molecule has 1 N–H and O–H groups in total. The van der Waals surface area contributed by atoms with Crippen LogP contribution in [0.4, 0.5) is 0 Å². The fourth-order valence-electron chi connectivity index (χ4n) is 3.69. The first-order valence-corrected chi connectivity index (χ1v) is 7.63. The van der Waals surface area contributed by atoms with Crippen molar-refractivity contribution in [3.63, 3.8) is 0 Å². The number of aromatic nitrogens is 1. The van der Waals surface area contributed by atoms with Gasteiger partial charge in [-0.1, -0.05) is 24.1 Å². The van der Waals surface area contributed by atoms with Crippen molar-refractivity contribution < 1.29 is 9.90 Å². The number of piperidine rings is 1. The Morgan fingerprint density at radius 3 is 3.05 bits per heavy atom. The van der Waals surface area contributed by atoms with Crippen molar-refractivity contribution in [3.8, 4) is 0 Å². The van der Waals surface area contributed by atoms with Crippen LogP contribution < -0.4 is 0 Å². The molecule has 2 aliphatic heterocycles. The number of benzene rings is 1. The minimum absolute atomic E-state index is 0.273. The molecule has 1 fully saturated rings. The van der Waals surface area contributed by atoms with E-state index in [0.29, 0.717) is 28.0 Å². The lowest BCUT2D eigenvalue weighted by atomic mass is 9.97. The van der Waals surface area contributed by atoms with Gasteiger partial charge in [0.05, 0.1) is 27.8 Å². The van der Waals surface area contributed by atoms with Crippen LogP contribution in [-0.2, 0) is 6.54 Å². The number of hydrogen-bond donors (Lipinski definition) is 1. The van der Waals surface area contributed by atoms with Crippen molar-refractivity contribution >= 4 is 28.5 Å². The highest BCUT2D eigenvalue weighted by Crippen LogP contribution is 2.43. The van der Waals surface area contributed by atoms with Gasteiger partial charge in [-0.05, 0) is 31.5 Å². The van der Waals surface area contributed by atoms with E-state index in [-0.39, 0.29) is 6.04 Å². The summed E-state index contributed by atoms with van der Waals surface area (Å²) in [4.78, 5) is 18.9. The van der Waals surface area contributed by atoms with Gasteiger partial charge < -0.3 is 5.11 Å². The zero-order chi connectivity index (χ0) is 14.6. The molecular weight excluding hydrogens is 288 g/mol. The van der Waals surface area contributed by atoms with E-state index in [0.717, 1.165) is 24.2 Å². The molecule has 4 rings (SSSR count). The maximum atomic E-state index is 11.8. The quantitative estimate of drug-likeness (QED) is 0.874. The first-order valence-electron chi connectivity index (χ1n) is 7.25. The van der Waals surface area contributed by atoms with Crippen molar-refractivity contribution in [2.75, 3.05) is 6.54 Å². The molecule has 2 aliphatic rings. The minimum atomic E-state index is -0.911. The smallest absolute Gasteiger partial charge is 0.336 e. The molecule has 1 unspecified atom stereocenters. The van der Waals surface area contributed by atoms with Crippen LogP contribution in [0.5, 0.6) is 0 Å². The normalized spacial score (nSPS) is 21.3. The van der Waals surface area contributed by atoms with Gasteiger partial charge in [0.2, 0.25) is 0 Å². The Hall–Kier alpha value is -1.65. The Kier molecular flexibility index (Phi) is 2.91. The van der Waals surface area contributed by atoms with E-state index in [9.17, 15) is 9.90 Å². The molecular formula is C16H15ClN2O2. The number of carbonyl (C=O) groups is 1. The number of fused-ring (bicyclic) bond motifs is 4. The van der Waals surface area contributed by atoms with Crippen LogP contribution in [0.15, 0.2) is 18.2 Å². The van der Waals surface area contributed by atoms with E-state index in [2.05, 4.69) is 4.90 Å². The molecule has 21 heavy (non-hydrogen) atoms. The van der Waals surface area contributed by atoms with E-state index in [1.807, 2.05) is 12.1 Å². The van der Waals surface area contributed by atoms with Crippen LogP contribution in [0.1, 0.15) is 46.9 Å². The number of carboxylic acids is 1. The molecule has 108 valence electrons.